The first-order valence-electron chi connectivity index (χ1n) is 8.40. The van der Waals surface area contributed by atoms with Gasteiger partial charge in [0.05, 0.1) is 28.7 Å². The van der Waals surface area contributed by atoms with Gasteiger partial charge in [0.25, 0.3) is 0 Å². The lowest BCUT2D eigenvalue weighted by Gasteiger charge is -2.14. The number of hydrogen-bond donors (Lipinski definition) is 4. The molecule has 2 aromatic carbocycles. The van der Waals surface area contributed by atoms with E-state index in [-0.39, 0.29) is 17.4 Å². The molecule has 132 valence electrons. The highest BCUT2D eigenvalue weighted by molar-refractivity contribution is 5.81. The normalized spacial score (nSPS) is 11.3. The van der Waals surface area contributed by atoms with E-state index < -0.39 is 0 Å². The minimum atomic E-state index is -0.253. The number of nitrogens with zero attached hydrogens (tertiary/aromatic N) is 2. The van der Waals surface area contributed by atoms with Crippen molar-refractivity contribution >= 4 is 11.0 Å². The molecule has 4 aromatic rings. The first-order valence-corrected chi connectivity index (χ1v) is 8.40. The molecule has 0 amide bonds. The topological polar surface area (TPSA) is 94.3 Å². The molecule has 2 heterocycles. The number of nitrogens with one attached hydrogen (secondary N) is 1. The van der Waals surface area contributed by atoms with Crippen molar-refractivity contribution in [2.24, 2.45) is 0 Å². The monoisotopic (exact) mass is 349 g/mol. The number of aromatic amines is 1. The van der Waals surface area contributed by atoms with E-state index in [2.05, 4.69) is 9.97 Å². The van der Waals surface area contributed by atoms with Crippen LogP contribution in [-0.4, -0.2) is 29.9 Å². The van der Waals surface area contributed by atoms with Gasteiger partial charge in [-0.05, 0) is 43.7 Å². The van der Waals surface area contributed by atoms with Crippen molar-refractivity contribution in [3.63, 3.8) is 0 Å². The number of H-pyrrole nitrogens is 1. The lowest BCUT2D eigenvalue weighted by Crippen LogP contribution is -1.99. The minimum absolute atomic E-state index is 0.0895. The van der Waals surface area contributed by atoms with E-state index in [9.17, 15) is 15.3 Å². The molecule has 0 fully saturated rings. The first-order chi connectivity index (χ1) is 12.5. The molecule has 0 unspecified atom stereocenters. The van der Waals surface area contributed by atoms with Crippen LogP contribution in [0.1, 0.15) is 18.1 Å². The molecule has 0 bridgehead atoms. The maximum absolute atomic E-state index is 10.6. The molecule has 6 heteroatoms. The molecule has 0 spiro atoms. The Morgan fingerprint density at radius 2 is 1.88 bits per heavy atom. The Morgan fingerprint density at radius 3 is 2.65 bits per heavy atom. The smallest absolute Gasteiger partial charge is 0.240 e. The quantitative estimate of drug-likeness (QED) is 0.449. The number of phenols is 1. The predicted molar refractivity (Wildman–Crippen MR) is 100.0 cm³/mol. The molecule has 0 aliphatic carbocycles. The third kappa shape index (κ3) is 2.30. The van der Waals surface area contributed by atoms with Crippen LogP contribution in [0.2, 0.25) is 0 Å². The fourth-order valence-electron chi connectivity index (χ4n) is 3.37. The van der Waals surface area contributed by atoms with E-state index in [0.717, 1.165) is 16.6 Å². The van der Waals surface area contributed by atoms with Crippen molar-refractivity contribution in [1.29, 1.82) is 0 Å². The third-order valence-electron chi connectivity index (χ3n) is 4.64. The second-order valence-corrected chi connectivity index (χ2v) is 6.31. The summed E-state index contributed by atoms with van der Waals surface area (Å²) in [5, 5.41) is 31.5. The van der Waals surface area contributed by atoms with E-state index >= 15 is 0 Å². The highest BCUT2D eigenvalue weighted by Gasteiger charge is 2.25. The number of aromatic hydroxyl groups is 3. The Labute approximate surface area is 150 Å². The number of aryl methyl sites for hydroxylation is 1. The van der Waals surface area contributed by atoms with Gasteiger partial charge in [-0.2, -0.15) is 0 Å². The van der Waals surface area contributed by atoms with Crippen LogP contribution in [0.3, 0.4) is 0 Å². The number of phenolic OH excluding ortho intramolecular Hbond substituents is 1. The van der Waals surface area contributed by atoms with Crippen molar-refractivity contribution in [1.82, 2.24) is 14.5 Å². The van der Waals surface area contributed by atoms with Gasteiger partial charge in [0, 0.05) is 11.1 Å². The van der Waals surface area contributed by atoms with Crippen molar-refractivity contribution in [2.45, 2.75) is 20.3 Å². The summed E-state index contributed by atoms with van der Waals surface area (Å²) in [5.74, 6) is -0.337. The Morgan fingerprint density at radius 1 is 1.08 bits per heavy atom. The molecule has 4 rings (SSSR count). The second-order valence-electron chi connectivity index (χ2n) is 6.31. The van der Waals surface area contributed by atoms with E-state index in [1.165, 1.54) is 0 Å². The van der Waals surface area contributed by atoms with Crippen LogP contribution in [0, 0.1) is 6.92 Å². The Hall–Kier alpha value is -3.41. The lowest BCUT2D eigenvalue weighted by atomic mass is 10.0. The first kappa shape index (κ1) is 16.1. The molecule has 2 aromatic heterocycles. The summed E-state index contributed by atoms with van der Waals surface area (Å²) in [6.07, 6.45) is 2.10. The minimum Gasteiger partial charge on any atom is -0.507 e. The van der Waals surface area contributed by atoms with Gasteiger partial charge in [-0.3, -0.25) is 4.57 Å². The lowest BCUT2D eigenvalue weighted by molar-refractivity contribution is 0.385. The SMILES string of the molecule is CCc1c(O)c(O)n(-c2ccc3nc[nH]c3c2)c1-c1cc(C)ccc1O. The number of hydrogen-bond acceptors (Lipinski definition) is 4. The van der Waals surface area contributed by atoms with Crippen LogP contribution in [-0.2, 0) is 6.42 Å². The molecular weight excluding hydrogens is 330 g/mol. The molecule has 0 atom stereocenters. The largest absolute Gasteiger partial charge is 0.507 e. The molecule has 26 heavy (non-hydrogen) atoms. The van der Waals surface area contributed by atoms with Crippen LogP contribution < -0.4 is 0 Å². The third-order valence-corrected chi connectivity index (χ3v) is 4.64. The number of imidazole rings is 1. The average molecular weight is 349 g/mol. The van der Waals surface area contributed by atoms with Crippen molar-refractivity contribution in [2.75, 3.05) is 0 Å². The summed E-state index contributed by atoms with van der Waals surface area (Å²) in [5.41, 5.74) is 4.95. The molecule has 0 aliphatic heterocycles. The summed E-state index contributed by atoms with van der Waals surface area (Å²) in [6.45, 7) is 3.82. The number of aromatic nitrogens is 3. The van der Waals surface area contributed by atoms with E-state index in [0.29, 0.717) is 28.9 Å². The van der Waals surface area contributed by atoms with E-state index in [1.54, 1.807) is 17.0 Å². The summed E-state index contributed by atoms with van der Waals surface area (Å²) in [7, 11) is 0. The molecule has 6 nitrogen and oxygen atoms in total. The average Bonchev–Trinajstić information content (AvgIpc) is 3.19. The maximum atomic E-state index is 10.6. The highest BCUT2D eigenvalue weighted by Crippen LogP contribution is 2.45. The van der Waals surface area contributed by atoms with Gasteiger partial charge >= 0.3 is 0 Å². The van der Waals surface area contributed by atoms with Gasteiger partial charge in [0.15, 0.2) is 5.75 Å². The molecule has 0 saturated heterocycles. The number of benzene rings is 2. The fraction of sp³-hybridized carbons (Fsp3) is 0.150. The summed E-state index contributed by atoms with van der Waals surface area (Å²) in [6, 6.07) is 10.8. The highest BCUT2D eigenvalue weighted by atomic mass is 16.3. The molecule has 0 radical (unpaired) electrons. The molecule has 0 saturated carbocycles. The standard InChI is InChI=1S/C20H19N3O3/c1-3-13-18(14-8-11(2)4-7-17(14)24)23(20(26)19(13)25)12-5-6-15-16(9-12)22-10-21-15/h4-10,24-26H,3H2,1-2H3,(H,21,22). The van der Waals surface area contributed by atoms with Crippen molar-refractivity contribution in [3.05, 3.63) is 53.9 Å². The van der Waals surface area contributed by atoms with Gasteiger partial charge in [-0.25, -0.2) is 4.98 Å². The van der Waals surface area contributed by atoms with Gasteiger partial charge in [0.1, 0.15) is 5.75 Å². The van der Waals surface area contributed by atoms with Crippen molar-refractivity contribution < 1.29 is 15.3 Å². The van der Waals surface area contributed by atoms with Gasteiger partial charge in [-0.1, -0.05) is 18.6 Å². The van der Waals surface area contributed by atoms with Crippen LogP contribution in [0.15, 0.2) is 42.7 Å². The van der Waals surface area contributed by atoms with E-state index in [1.807, 2.05) is 44.2 Å². The van der Waals surface area contributed by atoms with Crippen LogP contribution in [0.5, 0.6) is 17.4 Å². The van der Waals surface area contributed by atoms with Gasteiger partial charge in [0.2, 0.25) is 5.88 Å². The molecule has 4 N–H and O–H groups in total. The summed E-state index contributed by atoms with van der Waals surface area (Å²) < 4.78 is 1.56. The van der Waals surface area contributed by atoms with Crippen LogP contribution >= 0.6 is 0 Å². The van der Waals surface area contributed by atoms with Gasteiger partial charge < -0.3 is 20.3 Å². The van der Waals surface area contributed by atoms with Crippen molar-refractivity contribution in [3.8, 4) is 34.3 Å². The Bertz CT molecular complexity index is 1120. The maximum Gasteiger partial charge on any atom is 0.240 e. The molecule has 0 aliphatic rings. The Kier molecular flexibility index (Phi) is 3.61. The van der Waals surface area contributed by atoms with Gasteiger partial charge in [-0.15, -0.1) is 0 Å². The zero-order valence-electron chi connectivity index (χ0n) is 14.5. The Balaban J connectivity index is 2.07. The molecular formula is C20H19N3O3. The summed E-state index contributed by atoms with van der Waals surface area (Å²) >= 11 is 0. The fourth-order valence-corrected chi connectivity index (χ4v) is 3.37. The number of rotatable bonds is 3. The summed E-state index contributed by atoms with van der Waals surface area (Å²) in [4.78, 5) is 7.25. The van der Waals surface area contributed by atoms with Crippen LogP contribution in [0.4, 0.5) is 0 Å². The van der Waals surface area contributed by atoms with Crippen LogP contribution in [0.25, 0.3) is 28.0 Å². The second kappa shape index (κ2) is 5.84. The van der Waals surface area contributed by atoms with E-state index in [4.69, 9.17) is 0 Å². The predicted octanol–water partition coefficient (Wildman–Crippen LogP) is 4.01. The number of fused-ring (bicyclic) bond motifs is 1. The zero-order valence-corrected chi connectivity index (χ0v) is 14.5. The zero-order chi connectivity index (χ0) is 18.4.